The monoisotopic (exact) mass is 263 g/mol. The van der Waals surface area contributed by atoms with E-state index in [1.165, 1.54) is 25.9 Å². The summed E-state index contributed by atoms with van der Waals surface area (Å²) in [5, 5.41) is 9.65. The molecule has 1 atom stereocenters. The molecule has 0 amide bonds. The standard InChI is InChI=1S/C15H25N3O/c1-4-18-9-6-14(7-10-18)17(3)15-11-13(12(2)19)5-8-16-15/h5,8,11-12,14,19H,4,6-7,9-10H2,1-3H3/t12-/m1/s1. The maximum atomic E-state index is 9.65. The molecule has 0 radical (unpaired) electrons. The van der Waals surface area contributed by atoms with Gasteiger partial charge in [-0.1, -0.05) is 6.92 Å². The van der Waals surface area contributed by atoms with Crippen molar-refractivity contribution in [1.82, 2.24) is 9.88 Å². The number of rotatable bonds is 4. The van der Waals surface area contributed by atoms with Crippen molar-refractivity contribution >= 4 is 5.82 Å². The number of likely N-dealkylation sites (tertiary alicyclic amines) is 1. The molecule has 1 aliphatic rings. The Balaban J connectivity index is 2.03. The summed E-state index contributed by atoms with van der Waals surface area (Å²) < 4.78 is 0. The van der Waals surface area contributed by atoms with E-state index >= 15 is 0 Å². The first-order valence-corrected chi connectivity index (χ1v) is 7.21. The van der Waals surface area contributed by atoms with Gasteiger partial charge in [-0.2, -0.15) is 0 Å². The average molecular weight is 263 g/mol. The molecule has 106 valence electrons. The van der Waals surface area contributed by atoms with Crippen LogP contribution in [0, 0.1) is 0 Å². The van der Waals surface area contributed by atoms with Crippen molar-refractivity contribution in [1.29, 1.82) is 0 Å². The first-order valence-electron chi connectivity index (χ1n) is 7.21. The first-order chi connectivity index (χ1) is 9.11. The van der Waals surface area contributed by atoms with E-state index in [2.05, 4.69) is 28.8 Å². The molecule has 0 bridgehead atoms. The van der Waals surface area contributed by atoms with Gasteiger partial charge in [0.25, 0.3) is 0 Å². The minimum atomic E-state index is -0.433. The van der Waals surface area contributed by atoms with Gasteiger partial charge in [0.2, 0.25) is 0 Å². The van der Waals surface area contributed by atoms with Gasteiger partial charge in [0, 0.05) is 32.4 Å². The summed E-state index contributed by atoms with van der Waals surface area (Å²) in [4.78, 5) is 9.19. The summed E-state index contributed by atoms with van der Waals surface area (Å²) in [5.41, 5.74) is 0.933. The van der Waals surface area contributed by atoms with Crippen LogP contribution in [0.1, 0.15) is 38.4 Å². The van der Waals surface area contributed by atoms with Crippen LogP contribution < -0.4 is 4.90 Å². The predicted molar refractivity (Wildman–Crippen MR) is 78.4 cm³/mol. The fraction of sp³-hybridized carbons (Fsp3) is 0.667. The van der Waals surface area contributed by atoms with Crippen molar-refractivity contribution in [3.63, 3.8) is 0 Å². The Morgan fingerprint density at radius 3 is 2.74 bits per heavy atom. The van der Waals surface area contributed by atoms with E-state index in [9.17, 15) is 5.11 Å². The zero-order valence-electron chi connectivity index (χ0n) is 12.2. The molecule has 1 aliphatic heterocycles. The van der Waals surface area contributed by atoms with E-state index in [4.69, 9.17) is 0 Å². The normalized spacial score (nSPS) is 19.4. The van der Waals surface area contributed by atoms with Gasteiger partial charge in [0.1, 0.15) is 5.82 Å². The van der Waals surface area contributed by atoms with Crippen LogP contribution in [0.5, 0.6) is 0 Å². The van der Waals surface area contributed by atoms with Crippen LogP contribution in [0.15, 0.2) is 18.3 Å². The molecule has 1 N–H and O–H groups in total. The van der Waals surface area contributed by atoms with Crippen molar-refractivity contribution in [3.05, 3.63) is 23.9 Å². The lowest BCUT2D eigenvalue weighted by Gasteiger charge is -2.37. The van der Waals surface area contributed by atoms with Crippen molar-refractivity contribution in [2.24, 2.45) is 0 Å². The van der Waals surface area contributed by atoms with Gasteiger partial charge in [-0.3, -0.25) is 0 Å². The number of anilines is 1. The maximum Gasteiger partial charge on any atom is 0.128 e. The lowest BCUT2D eigenvalue weighted by Crippen LogP contribution is -2.43. The SMILES string of the molecule is CCN1CCC(N(C)c2cc([C@@H](C)O)ccn2)CC1. The molecule has 0 aliphatic carbocycles. The maximum absolute atomic E-state index is 9.65. The third-order valence-electron chi connectivity index (χ3n) is 4.17. The molecule has 2 rings (SSSR count). The summed E-state index contributed by atoms with van der Waals surface area (Å²) in [6.07, 6.45) is 3.72. The molecular formula is C15H25N3O. The Bertz CT molecular complexity index is 400. The summed E-state index contributed by atoms with van der Waals surface area (Å²) in [7, 11) is 2.11. The molecule has 4 nitrogen and oxygen atoms in total. The number of piperidine rings is 1. The highest BCUT2D eigenvalue weighted by Gasteiger charge is 2.22. The lowest BCUT2D eigenvalue weighted by atomic mass is 10.0. The van der Waals surface area contributed by atoms with E-state index in [0.717, 1.165) is 17.9 Å². The highest BCUT2D eigenvalue weighted by molar-refractivity contribution is 5.41. The number of pyridine rings is 1. The van der Waals surface area contributed by atoms with Crippen molar-refractivity contribution < 1.29 is 5.11 Å². The highest BCUT2D eigenvalue weighted by Crippen LogP contribution is 2.22. The number of hydrogen-bond acceptors (Lipinski definition) is 4. The van der Waals surface area contributed by atoms with Gasteiger partial charge in [-0.15, -0.1) is 0 Å². The second-order valence-electron chi connectivity index (χ2n) is 5.40. The molecule has 0 unspecified atom stereocenters. The molecule has 4 heteroatoms. The Morgan fingerprint density at radius 1 is 1.47 bits per heavy atom. The van der Waals surface area contributed by atoms with Crippen LogP contribution in [0.3, 0.4) is 0 Å². The zero-order chi connectivity index (χ0) is 13.8. The molecule has 1 aromatic rings. The van der Waals surface area contributed by atoms with Gasteiger partial charge < -0.3 is 14.9 Å². The topological polar surface area (TPSA) is 39.6 Å². The molecule has 1 fully saturated rings. The second-order valence-corrected chi connectivity index (χ2v) is 5.40. The summed E-state index contributed by atoms with van der Waals surface area (Å²) in [6.45, 7) is 7.49. The predicted octanol–water partition coefficient (Wildman–Crippen LogP) is 2.06. The third kappa shape index (κ3) is 3.45. The van der Waals surface area contributed by atoms with E-state index in [-0.39, 0.29) is 0 Å². The van der Waals surface area contributed by atoms with E-state index < -0.39 is 6.10 Å². The van der Waals surface area contributed by atoms with Crippen molar-refractivity contribution in [2.45, 2.75) is 38.8 Å². The highest BCUT2D eigenvalue weighted by atomic mass is 16.3. The van der Waals surface area contributed by atoms with Gasteiger partial charge in [0.15, 0.2) is 0 Å². The first kappa shape index (κ1) is 14.3. The second kappa shape index (κ2) is 6.35. The Morgan fingerprint density at radius 2 is 2.16 bits per heavy atom. The lowest BCUT2D eigenvalue weighted by molar-refractivity contribution is 0.199. The molecule has 1 aromatic heterocycles. The zero-order valence-corrected chi connectivity index (χ0v) is 12.2. The fourth-order valence-corrected chi connectivity index (χ4v) is 2.70. The average Bonchev–Trinajstić information content (AvgIpc) is 2.46. The van der Waals surface area contributed by atoms with E-state index in [0.29, 0.717) is 6.04 Å². The summed E-state index contributed by atoms with van der Waals surface area (Å²) in [6, 6.07) is 4.43. The van der Waals surface area contributed by atoms with Gasteiger partial charge in [-0.25, -0.2) is 4.98 Å². The number of aliphatic hydroxyl groups excluding tert-OH is 1. The number of aliphatic hydroxyl groups is 1. The van der Waals surface area contributed by atoms with Crippen LogP contribution in [-0.4, -0.2) is 47.7 Å². The van der Waals surface area contributed by atoms with Crippen LogP contribution >= 0.6 is 0 Å². The Labute approximate surface area is 116 Å². The summed E-state index contributed by atoms with van der Waals surface area (Å²) in [5.74, 6) is 0.966. The van der Waals surface area contributed by atoms with Crippen LogP contribution in [0.25, 0.3) is 0 Å². The van der Waals surface area contributed by atoms with Gasteiger partial charge in [0.05, 0.1) is 6.10 Å². The van der Waals surface area contributed by atoms with E-state index in [1.807, 2.05) is 12.1 Å². The molecule has 1 saturated heterocycles. The van der Waals surface area contributed by atoms with Crippen LogP contribution in [-0.2, 0) is 0 Å². The van der Waals surface area contributed by atoms with Crippen molar-refractivity contribution in [3.8, 4) is 0 Å². The van der Waals surface area contributed by atoms with Crippen molar-refractivity contribution in [2.75, 3.05) is 31.6 Å². The van der Waals surface area contributed by atoms with Gasteiger partial charge in [-0.05, 0) is 44.0 Å². The number of hydrogen-bond donors (Lipinski definition) is 1. The minimum Gasteiger partial charge on any atom is -0.389 e. The Hall–Kier alpha value is -1.13. The van der Waals surface area contributed by atoms with Gasteiger partial charge >= 0.3 is 0 Å². The van der Waals surface area contributed by atoms with E-state index in [1.54, 1.807) is 13.1 Å². The number of aromatic nitrogens is 1. The van der Waals surface area contributed by atoms with Crippen LogP contribution in [0.4, 0.5) is 5.82 Å². The Kier molecular flexibility index (Phi) is 4.77. The molecule has 19 heavy (non-hydrogen) atoms. The largest absolute Gasteiger partial charge is 0.389 e. The van der Waals surface area contributed by atoms with Crippen LogP contribution in [0.2, 0.25) is 0 Å². The molecule has 0 aromatic carbocycles. The number of nitrogens with zero attached hydrogens (tertiary/aromatic N) is 3. The third-order valence-corrected chi connectivity index (χ3v) is 4.17. The molecule has 0 saturated carbocycles. The quantitative estimate of drug-likeness (QED) is 0.902. The molecule has 2 heterocycles. The minimum absolute atomic E-state index is 0.433. The smallest absolute Gasteiger partial charge is 0.128 e. The summed E-state index contributed by atoms with van der Waals surface area (Å²) >= 11 is 0. The molecular weight excluding hydrogens is 238 g/mol. The molecule has 0 spiro atoms. The fourth-order valence-electron chi connectivity index (χ4n) is 2.70.